The number of hydrogen-bond donors (Lipinski definition) is 1. The van der Waals surface area contributed by atoms with Crippen molar-refractivity contribution in [3.05, 3.63) is 58.9 Å². The van der Waals surface area contributed by atoms with Crippen molar-refractivity contribution < 1.29 is 9.50 Å². The summed E-state index contributed by atoms with van der Waals surface area (Å²) in [6.07, 6.45) is 0. The molecule has 0 unspecified atom stereocenters. The minimum absolute atomic E-state index is 0.152. The van der Waals surface area contributed by atoms with Crippen LogP contribution in [0.5, 0.6) is 0 Å². The van der Waals surface area contributed by atoms with E-state index in [2.05, 4.69) is 0 Å². The molecule has 2 rings (SSSR count). The van der Waals surface area contributed by atoms with Gasteiger partial charge in [0.2, 0.25) is 0 Å². The molecule has 0 aliphatic carbocycles. The first kappa shape index (κ1) is 11.1. The average molecular weight is 237 g/mol. The van der Waals surface area contributed by atoms with E-state index in [0.717, 1.165) is 0 Å². The zero-order valence-corrected chi connectivity index (χ0v) is 9.21. The van der Waals surface area contributed by atoms with E-state index in [-0.39, 0.29) is 12.4 Å². The second kappa shape index (κ2) is 4.64. The lowest BCUT2D eigenvalue weighted by Crippen LogP contribution is -1.90. The van der Waals surface area contributed by atoms with Crippen molar-refractivity contribution in [2.24, 2.45) is 0 Å². The fourth-order valence-corrected chi connectivity index (χ4v) is 1.88. The highest BCUT2D eigenvalue weighted by Crippen LogP contribution is 2.32. The van der Waals surface area contributed by atoms with Gasteiger partial charge in [-0.3, -0.25) is 0 Å². The summed E-state index contributed by atoms with van der Waals surface area (Å²) in [7, 11) is 0. The van der Waals surface area contributed by atoms with Crippen molar-refractivity contribution >= 4 is 11.6 Å². The van der Waals surface area contributed by atoms with Gasteiger partial charge in [0.1, 0.15) is 5.82 Å². The highest BCUT2D eigenvalue weighted by atomic mass is 35.5. The highest BCUT2D eigenvalue weighted by molar-refractivity contribution is 6.34. The second-order valence-electron chi connectivity index (χ2n) is 3.42. The molecule has 0 aromatic heterocycles. The maximum Gasteiger partial charge on any atom is 0.131 e. The Morgan fingerprint density at radius 1 is 1.00 bits per heavy atom. The zero-order chi connectivity index (χ0) is 11.5. The van der Waals surface area contributed by atoms with E-state index in [1.807, 2.05) is 0 Å². The first-order chi connectivity index (χ1) is 7.74. The SMILES string of the molecule is OCc1cccc(-c2ccccc2F)c1Cl. The van der Waals surface area contributed by atoms with Gasteiger partial charge in [-0.15, -0.1) is 0 Å². The Balaban J connectivity index is 2.61. The van der Waals surface area contributed by atoms with Gasteiger partial charge in [0.15, 0.2) is 0 Å². The first-order valence-corrected chi connectivity index (χ1v) is 5.25. The molecule has 1 N–H and O–H groups in total. The Hall–Kier alpha value is -1.38. The fraction of sp³-hybridized carbons (Fsp3) is 0.0769. The van der Waals surface area contributed by atoms with Crippen LogP contribution < -0.4 is 0 Å². The molecule has 0 saturated heterocycles. The fourth-order valence-electron chi connectivity index (χ4n) is 1.59. The number of benzene rings is 2. The number of halogens is 2. The van der Waals surface area contributed by atoms with Gasteiger partial charge in [0.25, 0.3) is 0 Å². The van der Waals surface area contributed by atoms with Gasteiger partial charge < -0.3 is 5.11 Å². The lowest BCUT2D eigenvalue weighted by Gasteiger charge is -2.08. The molecule has 16 heavy (non-hydrogen) atoms. The van der Waals surface area contributed by atoms with Crippen molar-refractivity contribution in [2.45, 2.75) is 6.61 Å². The van der Waals surface area contributed by atoms with E-state index in [0.29, 0.717) is 21.7 Å². The third kappa shape index (κ3) is 1.94. The first-order valence-electron chi connectivity index (χ1n) is 4.87. The summed E-state index contributed by atoms with van der Waals surface area (Å²) in [5.74, 6) is -0.320. The van der Waals surface area contributed by atoms with Gasteiger partial charge in [0.05, 0.1) is 11.6 Å². The smallest absolute Gasteiger partial charge is 0.131 e. The monoisotopic (exact) mass is 236 g/mol. The van der Waals surface area contributed by atoms with Crippen LogP contribution in [0.25, 0.3) is 11.1 Å². The molecule has 1 nitrogen and oxygen atoms in total. The molecule has 3 heteroatoms. The largest absolute Gasteiger partial charge is 0.392 e. The van der Waals surface area contributed by atoms with Gasteiger partial charge in [-0.2, -0.15) is 0 Å². The summed E-state index contributed by atoms with van der Waals surface area (Å²) in [6, 6.07) is 11.6. The molecular weight excluding hydrogens is 227 g/mol. The maximum atomic E-state index is 13.6. The Kier molecular flexibility index (Phi) is 3.22. The predicted octanol–water partition coefficient (Wildman–Crippen LogP) is 3.64. The standard InChI is InChI=1S/C13H10ClFO/c14-13-9(8-16)4-3-6-11(13)10-5-1-2-7-12(10)15/h1-7,16H,8H2. The topological polar surface area (TPSA) is 20.2 Å². The van der Waals surface area contributed by atoms with E-state index >= 15 is 0 Å². The Bertz CT molecular complexity index is 511. The summed E-state index contributed by atoms with van der Waals surface area (Å²) in [4.78, 5) is 0. The predicted molar refractivity (Wildman–Crippen MR) is 62.8 cm³/mol. The molecule has 2 aromatic rings. The molecule has 0 radical (unpaired) electrons. The zero-order valence-electron chi connectivity index (χ0n) is 8.45. The average Bonchev–Trinajstić information content (AvgIpc) is 2.31. The van der Waals surface area contributed by atoms with Crippen LogP contribution >= 0.6 is 11.6 Å². The van der Waals surface area contributed by atoms with Crippen LogP contribution in [0, 0.1) is 5.82 Å². The van der Waals surface area contributed by atoms with E-state index < -0.39 is 0 Å². The van der Waals surface area contributed by atoms with Crippen LogP contribution in [0.4, 0.5) is 4.39 Å². The molecule has 0 fully saturated rings. The van der Waals surface area contributed by atoms with Crippen LogP contribution in [0.2, 0.25) is 5.02 Å². The van der Waals surface area contributed by atoms with Crippen LogP contribution in [0.15, 0.2) is 42.5 Å². The third-order valence-electron chi connectivity index (χ3n) is 2.41. The molecule has 0 amide bonds. The van der Waals surface area contributed by atoms with Gasteiger partial charge in [-0.25, -0.2) is 4.39 Å². The van der Waals surface area contributed by atoms with Crippen molar-refractivity contribution in [3.8, 4) is 11.1 Å². The molecule has 0 aliphatic rings. The Morgan fingerprint density at radius 3 is 2.38 bits per heavy atom. The molecule has 82 valence electrons. The quantitative estimate of drug-likeness (QED) is 0.844. The summed E-state index contributed by atoms with van der Waals surface area (Å²) in [6.45, 7) is -0.152. The minimum Gasteiger partial charge on any atom is -0.392 e. The molecule has 0 bridgehead atoms. The van der Waals surface area contributed by atoms with Gasteiger partial charge in [0, 0.05) is 11.1 Å². The molecule has 0 atom stereocenters. The maximum absolute atomic E-state index is 13.6. The van der Waals surface area contributed by atoms with E-state index in [9.17, 15) is 4.39 Å². The minimum atomic E-state index is -0.320. The van der Waals surface area contributed by atoms with Crippen molar-refractivity contribution in [1.29, 1.82) is 0 Å². The number of rotatable bonds is 2. The van der Waals surface area contributed by atoms with Crippen molar-refractivity contribution in [3.63, 3.8) is 0 Å². The van der Waals surface area contributed by atoms with Gasteiger partial charge in [-0.05, 0) is 11.6 Å². The van der Waals surface area contributed by atoms with Crippen LogP contribution in [-0.2, 0) is 6.61 Å². The summed E-state index contributed by atoms with van der Waals surface area (Å²) in [5.41, 5.74) is 1.65. The molecule has 0 aliphatic heterocycles. The van der Waals surface area contributed by atoms with Gasteiger partial charge >= 0.3 is 0 Å². The summed E-state index contributed by atoms with van der Waals surface area (Å²) in [5, 5.41) is 9.48. The molecular formula is C13H10ClFO. The third-order valence-corrected chi connectivity index (χ3v) is 2.86. The van der Waals surface area contributed by atoms with Gasteiger partial charge in [-0.1, -0.05) is 48.0 Å². The summed E-state index contributed by atoms with van der Waals surface area (Å²) < 4.78 is 13.6. The summed E-state index contributed by atoms with van der Waals surface area (Å²) >= 11 is 6.09. The lowest BCUT2D eigenvalue weighted by atomic mass is 10.0. The molecule has 0 saturated carbocycles. The molecule has 0 spiro atoms. The van der Waals surface area contributed by atoms with Crippen LogP contribution in [0.3, 0.4) is 0 Å². The second-order valence-corrected chi connectivity index (χ2v) is 3.79. The van der Waals surface area contributed by atoms with E-state index in [1.54, 1.807) is 36.4 Å². The Morgan fingerprint density at radius 2 is 1.69 bits per heavy atom. The Labute approximate surface area is 98.1 Å². The highest BCUT2D eigenvalue weighted by Gasteiger charge is 2.10. The van der Waals surface area contributed by atoms with Crippen LogP contribution in [0.1, 0.15) is 5.56 Å². The van der Waals surface area contributed by atoms with Crippen molar-refractivity contribution in [1.82, 2.24) is 0 Å². The number of hydrogen-bond acceptors (Lipinski definition) is 1. The molecule has 0 heterocycles. The number of aliphatic hydroxyl groups is 1. The van der Waals surface area contributed by atoms with E-state index in [1.165, 1.54) is 6.07 Å². The van der Waals surface area contributed by atoms with Crippen molar-refractivity contribution in [2.75, 3.05) is 0 Å². The van der Waals surface area contributed by atoms with E-state index in [4.69, 9.17) is 16.7 Å². The van der Waals surface area contributed by atoms with Crippen LogP contribution in [-0.4, -0.2) is 5.11 Å². The normalized spacial score (nSPS) is 10.4. The lowest BCUT2D eigenvalue weighted by molar-refractivity contribution is 0.282. The number of aliphatic hydroxyl groups excluding tert-OH is 1. The molecule has 2 aromatic carbocycles.